The summed E-state index contributed by atoms with van der Waals surface area (Å²) in [5.74, 6) is 1.23. The second-order valence-electron chi connectivity index (χ2n) is 7.59. The van der Waals surface area contributed by atoms with Crippen LogP contribution in [-0.4, -0.2) is 51.7 Å². The molecule has 1 aliphatic rings. The summed E-state index contributed by atoms with van der Waals surface area (Å²) in [6.07, 6.45) is 2.16. The van der Waals surface area contributed by atoms with Crippen molar-refractivity contribution in [2.24, 2.45) is 0 Å². The lowest BCUT2D eigenvalue weighted by Crippen LogP contribution is -2.47. The SMILES string of the molecule is CCc1ccc(S(=O)(=O)c2cnc(N3CCN(c4ccc(OC)cc4)CC3)nc2N)cc1. The Kier molecular flexibility index (Phi) is 6.18. The quantitative estimate of drug-likeness (QED) is 0.608. The fourth-order valence-corrected chi connectivity index (χ4v) is 4.98. The number of ether oxygens (including phenoxy) is 1. The smallest absolute Gasteiger partial charge is 0.227 e. The van der Waals surface area contributed by atoms with Gasteiger partial charge >= 0.3 is 0 Å². The number of piperazine rings is 1. The van der Waals surface area contributed by atoms with Crippen LogP contribution in [0.15, 0.2) is 64.5 Å². The Hall–Kier alpha value is -3.33. The Morgan fingerprint density at radius 3 is 2.16 bits per heavy atom. The van der Waals surface area contributed by atoms with Crippen molar-refractivity contribution in [1.82, 2.24) is 9.97 Å². The van der Waals surface area contributed by atoms with Crippen LogP contribution >= 0.6 is 0 Å². The molecule has 1 fully saturated rings. The van der Waals surface area contributed by atoms with Crippen molar-refractivity contribution in [1.29, 1.82) is 0 Å². The summed E-state index contributed by atoms with van der Waals surface area (Å²) in [5, 5.41) is 0. The maximum Gasteiger partial charge on any atom is 0.227 e. The number of hydrogen-bond acceptors (Lipinski definition) is 8. The first kappa shape index (κ1) is 21.9. The molecule has 0 bridgehead atoms. The van der Waals surface area contributed by atoms with Crippen LogP contribution in [0.2, 0.25) is 0 Å². The van der Waals surface area contributed by atoms with Crippen molar-refractivity contribution < 1.29 is 13.2 Å². The zero-order valence-corrected chi connectivity index (χ0v) is 19.0. The number of hydrogen-bond donors (Lipinski definition) is 1. The molecule has 8 nitrogen and oxygen atoms in total. The Morgan fingerprint density at radius 1 is 0.969 bits per heavy atom. The maximum absolute atomic E-state index is 13.0. The van der Waals surface area contributed by atoms with Gasteiger partial charge in [-0.2, -0.15) is 4.98 Å². The van der Waals surface area contributed by atoms with E-state index in [4.69, 9.17) is 10.5 Å². The molecule has 2 heterocycles. The highest BCUT2D eigenvalue weighted by atomic mass is 32.2. The molecule has 2 aromatic carbocycles. The van der Waals surface area contributed by atoms with E-state index in [2.05, 4.69) is 14.9 Å². The minimum atomic E-state index is -3.78. The second kappa shape index (κ2) is 9.04. The molecule has 0 radical (unpaired) electrons. The molecule has 9 heteroatoms. The number of anilines is 3. The van der Waals surface area contributed by atoms with E-state index in [1.807, 2.05) is 36.1 Å². The van der Waals surface area contributed by atoms with Gasteiger partial charge in [-0.05, 0) is 48.4 Å². The lowest BCUT2D eigenvalue weighted by Gasteiger charge is -2.36. The molecule has 0 unspecified atom stereocenters. The van der Waals surface area contributed by atoms with Crippen molar-refractivity contribution in [3.63, 3.8) is 0 Å². The van der Waals surface area contributed by atoms with Gasteiger partial charge < -0.3 is 20.3 Å². The van der Waals surface area contributed by atoms with Crippen molar-refractivity contribution >= 4 is 27.3 Å². The van der Waals surface area contributed by atoms with E-state index in [1.54, 1.807) is 31.4 Å². The monoisotopic (exact) mass is 453 g/mol. The Labute approximate surface area is 188 Å². The number of methoxy groups -OCH3 is 1. The highest BCUT2D eigenvalue weighted by Gasteiger charge is 2.25. The molecule has 168 valence electrons. The van der Waals surface area contributed by atoms with E-state index >= 15 is 0 Å². The van der Waals surface area contributed by atoms with E-state index in [1.165, 1.54) is 6.20 Å². The Balaban J connectivity index is 1.47. The van der Waals surface area contributed by atoms with Gasteiger partial charge in [-0.15, -0.1) is 0 Å². The number of aryl methyl sites for hydroxylation is 1. The molecule has 0 saturated carbocycles. The number of nitrogens with two attached hydrogens (primary N) is 1. The van der Waals surface area contributed by atoms with Gasteiger partial charge in [-0.1, -0.05) is 19.1 Å². The fraction of sp³-hybridized carbons (Fsp3) is 0.304. The first-order valence-electron chi connectivity index (χ1n) is 10.5. The van der Waals surface area contributed by atoms with Crippen LogP contribution in [0.3, 0.4) is 0 Å². The summed E-state index contributed by atoms with van der Waals surface area (Å²) in [7, 11) is -2.13. The third-order valence-electron chi connectivity index (χ3n) is 5.70. The standard InChI is InChI=1S/C23H27N5O3S/c1-3-17-4-10-20(11-5-17)32(29,30)21-16-25-23(26-22(21)24)28-14-12-27(13-15-28)18-6-8-19(31-2)9-7-18/h4-11,16H,3,12-15H2,1-2H3,(H2,24,25,26). The van der Waals surface area contributed by atoms with E-state index in [0.717, 1.165) is 36.5 Å². The molecule has 32 heavy (non-hydrogen) atoms. The summed E-state index contributed by atoms with van der Waals surface area (Å²) in [4.78, 5) is 13.1. The van der Waals surface area contributed by atoms with Crippen LogP contribution in [0.25, 0.3) is 0 Å². The molecule has 0 spiro atoms. The second-order valence-corrected chi connectivity index (χ2v) is 9.51. The average Bonchev–Trinajstić information content (AvgIpc) is 2.84. The molecule has 1 aliphatic heterocycles. The summed E-state index contributed by atoms with van der Waals surface area (Å²) >= 11 is 0. The first-order chi connectivity index (χ1) is 15.4. The highest BCUT2D eigenvalue weighted by molar-refractivity contribution is 7.91. The Bertz CT molecular complexity index is 1170. The molecule has 0 amide bonds. The summed E-state index contributed by atoms with van der Waals surface area (Å²) in [6, 6.07) is 14.8. The molecule has 1 saturated heterocycles. The number of aromatic nitrogens is 2. The lowest BCUT2D eigenvalue weighted by atomic mass is 10.2. The number of rotatable bonds is 6. The molecular weight excluding hydrogens is 426 g/mol. The van der Waals surface area contributed by atoms with E-state index in [9.17, 15) is 8.42 Å². The normalized spacial score (nSPS) is 14.4. The zero-order chi connectivity index (χ0) is 22.7. The predicted molar refractivity (Wildman–Crippen MR) is 125 cm³/mol. The van der Waals surface area contributed by atoms with E-state index in [-0.39, 0.29) is 15.6 Å². The topological polar surface area (TPSA) is 102 Å². The number of nitrogen functional groups attached to an aromatic ring is 1. The molecule has 4 rings (SSSR count). The van der Waals surface area contributed by atoms with Crippen LogP contribution in [0.1, 0.15) is 12.5 Å². The van der Waals surface area contributed by atoms with E-state index < -0.39 is 9.84 Å². The summed E-state index contributed by atoms with van der Waals surface area (Å²) in [5.41, 5.74) is 8.27. The van der Waals surface area contributed by atoms with Gasteiger partial charge in [-0.3, -0.25) is 0 Å². The van der Waals surface area contributed by atoms with Gasteiger partial charge in [0.05, 0.1) is 18.2 Å². The van der Waals surface area contributed by atoms with Gasteiger partial charge in [0.2, 0.25) is 15.8 Å². The third-order valence-corrected chi connectivity index (χ3v) is 7.49. The minimum absolute atomic E-state index is 0.0350. The zero-order valence-electron chi connectivity index (χ0n) is 18.2. The first-order valence-corrected chi connectivity index (χ1v) is 12.0. The van der Waals surface area contributed by atoms with Gasteiger partial charge in [0, 0.05) is 31.9 Å². The highest BCUT2D eigenvalue weighted by Crippen LogP contribution is 2.27. The third kappa shape index (κ3) is 4.34. The number of sulfone groups is 1. The van der Waals surface area contributed by atoms with Gasteiger partial charge in [0.1, 0.15) is 16.5 Å². The molecule has 0 aliphatic carbocycles. The predicted octanol–water partition coefficient (Wildman–Crippen LogP) is 2.79. The molecular formula is C23H27N5O3S. The molecule has 1 aromatic heterocycles. The van der Waals surface area contributed by atoms with Gasteiger partial charge in [-0.25, -0.2) is 13.4 Å². The van der Waals surface area contributed by atoms with Gasteiger partial charge in [0.15, 0.2) is 0 Å². The van der Waals surface area contributed by atoms with E-state index in [0.29, 0.717) is 19.0 Å². The maximum atomic E-state index is 13.0. The van der Waals surface area contributed by atoms with Crippen LogP contribution in [0, 0.1) is 0 Å². The van der Waals surface area contributed by atoms with Crippen molar-refractivity contribution in [3.8, 4) is 5.75 Å². The molecule has 3 aromatic rings. The van der Waals surface area contributed by atoms with Crippen LogP contribution in [0.5, 0.6) is 5.75 Å². The average molecular weight is 454 g/mol. The summed E-state index contributed by atoms with van der Waals surface area (Å²) < 4.78 is 31.2. The summed E-state index contributed by atoms with van der Waals surface area (Å²) in [6.45, 7) is 5.01. The molecule has 2 N–H and O–H groups in total. The fourth-order valence-electron chi connectivity index (χ4n) is 3.72. The number of nitrogens with zero attached hydrogens (tertiary/aromatic N) is 4. The Morgan fingerprint density at radius 2 is 1.59 bits per heavy atom. The van der Waals surface area contributed by atoms with Crippen molar-refractivity contribution in [2.75, 3.05) is 48.8 Å². The lowest BCUT2D eigenvalue weighted by molar-refractivity contribution is 0.415. The van der Waals surface area contributed by atoms with Crippen molar-refractivity contribution in [2.45, 2.75) is 23.1 Å². The van der Waals surface area contributed by atoms with Crippen LogP contribution in [0.4, 0.5) is 17.5 Å². The largest absolute Gasteiger partial charge is 0.497 e. The number of benzene rings is 2. The van der Waals surface area contributed by atoms with Crippen LogP contribution < -0.4 is 20.3 Å². The molecule has 0 atom stereocenters. The van der Waals surface area contributed by atoms with Gasteiger partial charge in [0.25, 0.3) is 0 Å². The van der Waals surface area contributed by atoms with Crippen LogP contribution in [-0.2, 0) is 16.3 Å². The minimum Gasteiger partial charge on any atom is -0.497 e. The van der Waals surface area contributed by atoms with Crippen molar-refractivity contribution in [3.05, 3.63) is 60.3 Å².